The first-order valence-electron chi connectivity index (χ1n) is 11.4. The van der Waals surface area contributed by atoms with Gasteiger partial charge < -0.3 is 24.4 Å². The summed E-state index contributed by atoms with van der Waals surface area (Å²) in [7, 11) is 3.28. The number of hydrogen-bond donors (Lipinski definition) is 1. The number of anilines is 1. The van der Waals surface area contributed by atoms with Crippen LogP contribution in [0.15, 0.2) is 36.4 Å². The Kier molecular flexibility index (Phi) is 7.54. The largest absolute Gasteiger partial charge is 0.497 e. The van der Waals surface area contributed by atoms with Crippen molar-refractivity contribution in [2.75, 3.05) is 45.4 Å². The fourth-order valence-corrected chi connectivity index (χ4v) is 5.20. The molecule has 4 rings (SSSR count). The standard InChI is InChI=1S/C25H31N3O4S/c1-4-32-20-9-10-21-23(15-20)33-25(27-21)28-13-5-6-18(16-28)24(29)26-12-11-17-7-8-19(30-2)14-22(17)31-3/h7-10,14-15,18H,4-6,11-13,16H2,1-3H3,(H,26,29)/t18-/m0/s1. The van der Waals surface area contributed by atoms with E-state index in [0.717, 1.165) is 57.5 Å². The minimum atomic E-state index is -0.0393. The van der Waals surface area contributed by atoms with Crippen LogP contribution in [-0.4, -0.2) is 51.4 Å². The third-order valence-electron chi connectivity index (χ3n) is 5.91. The van der Waals surface area contributed by atoms with E-state index in [1.807, 2.05) is 43.3 Å². The number of amides is 1. The number of nitrogens with one attached hydrogen (secondary N) is 1. The van der Waals surface area contributed by atoms with Crippen LogP contribution in [0.4, 0.5) is 5.13 Å². The highest BCUT2D eigenvalue weighted by Crippen LogP contribution is 2.33. The summed E-state index contributed by atoms with van der Waals surface area (Å²) in [5, 5.41) is 4.09. The van der Waals surface area contributed by atoms with Crippen LogP contribution in [0.25, 0.3) is 10.2 Å². The average molecular weight is 470 g/mol. The normalized spacial score (nSPS) is 16.0. The van der Waals surface area contributed by atoms with E-state index in [9.17, 15) is 4.79 Å². The number of ether oxygens (including phenoxy) is 3. The van der Waals surface area contributed by atoms with Gasteiger partial charge in [-0.15, -0.1) is 0 Å². The molecule has 0 bridgehead atoms. The van der Waals surface area contributed by atoms with Crippen LogP contribution in [0, 0.1) is 5.92 Å². The molecule has 7 nitrogen and oxygen atoms in total. The van der Waals surface area contributed by atoms with Crippen LogP contribution in [0.2, 0.25) is 0 Å². The van der Waals surface area contributed by atoms with Crippen molar-refractivity contribution >= 4 is 32.6 Å². The van der Waals surface area contributed by atoms with E-state index >= 15 is 0 Å². The van der Waals surface area contributed by atoms with Gasteiger partial charge in [0.05, 0.1) is 37.0 Å². The molecular formula is C25H31N3O4S. The maximum Gasteiger partial charge on any atom is 0.224 e. The molecule has 3 aromatic rings. The van der Waals surface area contributed by atoms with Gasteiger partial charge >= 0.3 is 0 Å². The lowest BCUT2D eigenvalue weighted by Gasteiger charge is -2.31. The summed E-state index contributed by atoms with van der Waals surface area (Å²) in [6.45, 7) is 4.81. The van der Waals surface area contributed by atoms with Crippen molar-refractivity contribution in [3.05, 3.63) is 42.0 Å². The Hall–Kier alpha value is -3.00. The van der Waals surface area contributed by atoms with Crippen LogP contribution < -0.4 is 24.4 Å². The monoisotopic (exact) mass is 469 g/mol. The van der Waals surface area contributed by atoms with E-state index in [4.69, 9.17) is 19.2 Å². The summed E-state index contributed by atoms with van der Waals surface area (Å²) in [6.07, 6.45) is 2.58. The van der Waals surface area contributed by atoms with E-state index < -0.39 is 0 Å². The zero-order valence-electron chi connectivity index (χ0n) is 19.4. The molecule has 0 aliphatic carbocycles. The van der Waals surface area contributed by atoms with Gasteiger partial charge in [0.15, 0.2) is 5.13 Å². The SMILES string of the molecule is CCOc1ccc2nc(N3CCC[C@H](C(=O)NCCc4ccc(OC)cc4OC)C3)sc2c1. The third-order valence-corrected chi connectivity index (χ3v) is 6.99. The lowest BCUT2D eigenvalue weighted by Crippen LogP contribution is -2.43. The van der Waals surface area contributed by atoms with E-state index in [1.54, 1.807) is 25.6 Å². The Morgan fingerprint density at radius 1 is 1.18 bits per heavy atom. The molecule has 1 atom stereocenters. The van der Waals surface area contributed by atoms with Crippen molar-refractivity contribution in [2.45, 2.75) is 26.2 Å². The van der Waals surface area contributed by atoms with Crippen molar-refractivity contribution in [3.63, 3.8) is 0 Å². The molecule has 1 aliphatic heterocycles. The van der Waals surface area contributed by atoms with Crippen molar-refractivity contribution in [3.8, 4) is 17.2 Å². The minimum absolute atomic E-state index is 0.0393. The number of thiazole rings is 1. The van der Waals surface area contributed by atoms with E-state index in [1.165, 1.54) is 0 Å². The van der Waals surface area contributed by atoms with Crippen molar-refractivity contribution in [1.29, 1.82) is 0 Å². The number of nitrogens with zero attached hydrogens (tertiary/aromatic N) is 2. The molecule has 176 valence electrons. The van der Waals surface area contributed by atoms with Gasteiger partial charge in [-0.05, 0) is 56.0 Å². The van der Waals surface area contributed by atoms with Gasteiger partial charge in [-0.25, -0.2) is 4.98 Å². The maximum absolute atomic E-state index is 12.9. The molecule has 1 fully saturated rings. The van der Waals surface area contributed by atoms with E-state index in [-0.39, 0.29) is 11.8 Å². The molecule has 1 aliphatic rings. The number of benzene rings is 2. The highest BCUT2D eigenvalue weighted by atomic mass is 32.1. The van der Waals surface area contributed by atoms with Gasteiger partial charge in [0.25, 0.3) is 0 Å². The number of piperidine rings is 1. The lowest BCUT2D eigenvalue weighted by atomic mass is 9.97. The maximum atomic E-state index is 12.9. The molecule has 0 spiro atoms. The summed E-state index contributed by atoms with van der Waals surface area (Å²) < 4.78 is 17.4. The molecule has 2 aromatic carbocycles. The molecule has 2 heterocycles. The van der Waals surface area contributed by atoms with Gasteiger partial charge in [-0.1, -0.05) is 17.4 Å². The van der Waals surface area contributed by atoms with Gasteiger partial charge in [0, 0.05) is 25.7 Å². The number of aromatic nitrogens is 1. The summed E-state index contributed by atoms with van der Waals surface area (Å²) in [6, 6.07) is 11.8. The van der Waals surface area contributed by atoms with E-state index in [0.29, 0.717) is 26.1 Å². The fraction of sp³-hybridized carbons (Fsp3) is 0.440. The predicted octanol–water partition coefficient (Wildman–Crippen LogP) is 4.29. The molecule has 33 heavy (non-hydrogen) atoms. The van der Waals surface area contributed by atoms with Crippen LogP contribution in [-0.2, 0) is 11.2 Å². The number of fused-ring (bicyclic) bond motifs is 1. The van der Waals surface area contributed by atoms with Crippen molar-refractivity contribution in [1.82, 2.24) is 10.3 Å². The first-order valence-corrected chi connectivity index (χ1v) is 12.2. The Labute approximate surface area is 198 Å². The Morgan fingerprint density at radius 2 is 2.03 bits per heavy atom. The smallest absolute Gasteiger partial charge is 0.224 e. The molecule has 0 saturated carbocycles. The zero-order chi connectivity index (χ0) is 23.2. The average Bonchev–Trinajstić information content (AvgIpc) is 3.28. The summed E-state index contributed by atoms with van der Waals surface area (Å²) >= 11 is 1.66. The Morgan fingerprint density at radius 3 is 2.82 bits per heavy atom. The topological polar surface area (TPSA) is 72.9 Å². The van der Waals surface area contributed by atoms with Gasteiger partial charge in [0.2, 0.25) is 5.91 Å². The predicted molar refractivity (Wildman–Crippen MR) is 132 cm³/mol. The van der Waals surface area contributed by atoms with Gasteiger partial charge in [-0.2, -0.15) is 0 Å². The first kappa shape index (κ1) is 23.2. The number of methoxy groups -OCH3 is 2. The summed E-state index contributed by atoms with van der Waals surface area (Å²) in [5.74, 6) is 2.46. The zero-order valence-corrected chi connectivity index (χ0v) is 20.2. The molecule has 0 radical (unpaired) electrons. The van der Waals surface area contributed by atoms with Gasteiger partial charge in [-0.3, -0.25) is 4.79 Å². The summed E-state index contributed by atoms with van der Waals surface area (Å²) in [4.78, 5) is 19.9. The second-order valence-electron chi connectivity index (χ2n) is 8.06. The fourth-order valence-electron chi connectivity index (χ4n) is 4.17. The number of carbonyl (C=O) groups is 1. The van der Waals surface area contributed by atoms with Crippen molar-refractivity contribution in [2.24, 2.45) is 5.92 Å². The number of hydrogen-bond acceptors (Lipinski definition) is 7. The Bertz CT molecular complexity index is 1100. The highest BCUT2D eigenvalue weighted by Gasteiger charge is 2.27. The molecule has 1 N–H and O–H groups in total. The highest BCUT2D eigenvalue weighted by molar-refractivity contribution is 7.22. The van der Waals surface area contributed by atoms with Gasteiger partial charge in [0.1, 0.15) is 17.2 Å². The van der Waals surface area contributed by atoms with E-state index in [2.05, 4.69) is 10.2 Å². The molecular weight excluding hydrogens is 438 g/mol. The lowest BCUT2D eigenvalue weighted by molar-refractivity contribution is -0.125. The second kappa shape index (κ2) is 10.7. The molecule has 8 heteroatoms. The van der Waals surface area contributed by atoms with Crippen LogP contribution in [0.5, 0.6) is 17.2 Å². The molecule has 1 amide bonds. The minimum Gasteiger partial charge on any atom is -0.497 e. The quantitative estimate of drug-likeness (QED) is 0.504. The molecule has 0 unspecified atom stereocenters. The Balaban J connectivity index is 1.34. The third kappa shape index (κ3) is 5.50. The molecule has 1 aromatic heterocycles. The molecule has 1 saturated heterocycles. The van der Waals surface area contributed by atoms with Crippen LogP contribution in [0.3, 0.4) is 0 Å². The van der Waals surface area contributed by atoms with Crippen molar-refractivity contribution < 1.29 is 19.0 Å². The first-order chi connectivity index (χ1) is 16.1. The number of carbonyl (C=O) groups excluding carboxylic acids is 1. The number of rotatable bonds is 9. The summed E-state index contributed by atoms with van der Waals surface area (Å²) in [5.41, 5.74) is 2.02. The van der Waals surface area contributed by atoms with Crippen LogP contribution >= 0.6 is 11.3 Å². The second-order valence-corrected chi connectivity index (χ2v) is 9.07. The van der Waals surface area contributed by atoms with Crippen LogP contribution in [0.1, 0.15) is 25.3 Å².